The minimum Gasteiger partial charge on any atom is -0.310 e. The van der Waals surface area contributed by atoms with Crippen molar-refractivity contribution in [3.05, 3.63) is 230 Å². The molecule has 0 atom stereocenters. The summed E-state index contributed by atoms with van der Waals surface area (Å²) in [6.07, 6.45) is 6.42. The summed E-state index contributed by atoms with van der Waals surface area (Å²) >= 11 is 0. The van der Waals surface area contributed by atoms with E-state index in [1.807, 2.05) is 0 Å². The summed E-state index contributed by atoms with van der Waals surface area (Å²) in [5.74, 6) is 0. The van der Waals surface area contributed by atoms with E-state index in [2.05, 4.69) is 243 Å². The van der Waals surface area contributed by atoms with Crippen LogP contribution in [0.5, 0.6) is 0 Å². The molecule has 0 saturated heterocycles. The first-order valence-electron chi connectivity index (χ1n) is 19.7. The lowest BCUT2D eigenvalue weighted by Crippen LogP contribution is -2.10. The van der Waals surface area contributed by atoms with E-state index in [9.17, 15) is 0 Å². The van der Waals surface area contributed by atoms with Crippen LogP contribution in [0, 0.1) is 0 Å². The molecule has 1 heteroatoms. The Labute approximate surface area is 336 Å². The summed E-state index contributed by atoms with van der Waals surface area (Å²) in [6.45, 7) is 4.28. The average Bonchev–Trinajstić information content (AvgIpc) is 3.29. The summed E-state index contributed by atoms with van der Waals surface area (Å²) in [5.41, 5.74) is 15.4. The maximum absolute atomic E-state index is 2.38. The van der Waals surface area contributed by atoms with E-state index in [0.29, 0.717) is 0 Å². The number of benzene rings is 9. The second kappa shape index (κ2) is 15.9. The first kappa shape index (κ1) is 35.5. The van der Waals surface area contributed by atoms with Gasteiger partial charge in [0, 0.05) is 17.1 Å². The summed E-state index contributed by atoms with van der Waals surface area (Å²) in [7, 11) is 0. The number of hydrogen-bond acceptors (Lipinski definition) is 1. The van der Waals surface area contributed by atoms with Gasteiger partial charge in [-0.25, -0.2) is 0 Å². The van der Waals surface area contributed by atoms with Crippen molar-refractivity contribution in [2.75, 3.05) is 4.90 Å². The van der Waals surface area contributed by atoms with Crippen molar-refractivity contribution in [1.82, 2.24) is 0 Å². The second-order valence-electron chi connectivity index (χ2n) is 14.5. The molecule has 0 heterocycles. The van der Waals surface area contributed by atoms with Gasteiger partial charge in [0.05, 0.1) is 0 Å². The molecule has 9 rings (SSSR count). The van der Waals surface area contributed by atoms with Crippen molar-refractivity contribution >= 4 is 44.2 Å². The Bertz CT molecular complexity index is 2750. The standard InChI is InChI=1S/C56H43N/c1-3-4-14-40(2)56-39-50(37-38-55(56)45-27-25-42(26-28-45)41-15-6-5-7-16-41)57(48-33-29-46(30-34-48)53-23-12-19-43-17-8-10-21-51(43)53)49-35-31-47(32-36-49)54-24-13-20-44-18-9-11-22-52(44)54/h3-39H,1-2H3/b4-3-,40-14+. The molecule has 0 N–H and O–H groups in total. The fourth-order valence-corrected chi connectivity index (χ4v) is 8.03. The monoisotopic (exact) mass is 729 g/mol. The molecule has 0 saturated carbocycles. The molecule has 57 heavy (non-hydrogen) atoms. The van der Waals surface area contributed by atoms with Gasteiger partial charge in [-0.1, -0.05) is 188 Å². The van der Waals surface area contributed by atoms with Crippen LogP contribution >= 0.6 is 0 Å². The van der Waals surface area contributed by atoms with Crippen LogP contribution in [-0.2, 0) is 0 Å². The van der Waals surface area contributed by atoms with Crippen LogP contribution in [0.1, 0.15) is 19.4 Å². The quantitative estimate of drug-likeness (QED) is 0.134. The lowest BCUT2D eigenvalue weighted by atomic mass is 9.92. The van der Waals surface area contributed by atoms with E-state index in [4.69, 9.17) is 0 Å². The lowest BCUT2D eigenvalue weighted by molar-refractivity contribution is 1.28. The SMILES string of the molecule is C/C=C\C=C(/C)c1cc(N(c2ccc(-c3cccc4ccccc34)cc2)c2ccc(-c3cccc4ccccc34)cc2)ccc1-c1ccc(-c2ccccc2)cc1. The zero-order valence-corrected chi connectivity index (χ0v) is 32.3. The van der Waals surface area contributed by atoms with Crippen molar-refractivity contribution in [3.8, 4) is 44.5 Å². The van der Waals surface area contributed by atoms with Gasteiger partial charge in [-0.3, -0.25) is 0 Å². The van der Waals surface area contributed by atoms with E-state index < -0.39 is 0 Å². The zero-order valence-electron chi connectivity index (χ0n) is 32.3. The molecule has 9 aromatic rings. The summed E-state index contributed by atoms with van der Waals surface area (Å²) in [6, 6.07) is 74.9. The fraction of sp³-hybridized carbons (Fsp3) is 0.0357. The zero-order chi connectivity index (χ0) is 38.6. The molecule has 0 radical (unpaired) electrons. The molecule has 1 nitrogen and oxygen atoms in total. The number of rotatable bonds is 9. The van der Waals surface area contributed by atoms with E-state index >= 15 is 0 Å². The molecule has 0 unspecified atom stereocenters. The van der Waals surface area contributed by atoms with E-state index in [1.165, 1.54) is 77.2 Å². The maximum Gasteiger partial charge on any atom is 0.0468 e. The van der Waals surface area contributed by atoms with Gasteiger partial charge in [-0.15, -0.1) is 0 Å². The number of hydrogen-bond donors (Lipinski definition) is 0. The predicted octanol–water partition coefficient (Wildman–Crippen LogP) is 16.1. The summed E-state index contributed by atoms with van der Waals surface area (Å²) < 4.78 is 0. The highest BCUT2D eigenvalue weighted by atomic mass is 15.1. The molecule has 0 fully saturated rings. The Balaban J connectivity index is 1.16. The van der Waals surface area contributed by atoms with E-state index in [0.717, 1.165) is 17.1 Å². The molecular weight excluding hydrogens is 687 g/mol. The molecule has 0 aliphatic heterocycles. The molecule has 0 aliphatic carbocycles. The van der Waals surface area contributed by atoms with Crippen LogP contribution in [0.25, 0.3) is 71.6 Å². The smallest absolute Gasteiger partial charge is 0.0468 e. The minimum absolute atomic E-state index is 1.10. The molecule has 0 bridgehead atoms. The highest BCUT2D eigenvalue weighted by molar-refractivity contribution is 5.98. The highest BCUT2D eigenvalue weighted by Crippen LogP contribution is 2.41. The third-order valence-electron chi connectivity index (χ3n) is 11.0. The molecule has 9 aromatic carbocycles. The molecule has 0 aliphatic rings. The maximum atomic E-state index is 2.38. The third-order valence-corrected chi connectivity index (χ3v) is 11.0. The van der Waals surface area contributed by atoms with Crippen LogP contribution < -0.4 is 4.90 Å². The van der Waals surface area contributed by atoms with Crippen LogP contribution in [-0.4, -0.2) is 0 Å². The van der Waals surface area contributed by atoms with E-state index in [-0.39, 0.29) is 0 Å². The van der Waals surface area contributed by atoms with Crippen molar-refractivity contribution < 1.29 is 0 Å². The Morgan fingerprint density at radius 1 is 0.386 bits per heavy atom. The van der Waals surface area contributed by atoms with Gasteiger partial charge >= 0.3 is 0 Å². The third kappa shape index (κ3) is 7.20. The normalized spacial score (nSPS) is 11.7. The van der Waals surface area contributed by atoms with Crippen molar-refractivity contribution in [3.63, 3.8) is 0 Å². The van der Waals surface area contributed by atoms with Crippen LogP contribution in [0.3, 0.4) is 0 Å². The van der Waals surface area contributed by atoms with Gasteiger partial charge in [0.25, 0.3) is 0 Å². The molecule has 0 aromatic heterocycles. The number of nitrogens with zero attached hydrogens (tertiary/aromatic N) is 1. The Morgan fingerprint density at radius 3 is 1.39 bits per heavy atom. The topological polar surface area (TPSA) is 3.24 Å². The van der Waals surface area contributed by atoms with Gasteiger partial charge in [-0.05, 0) is 127 Å². The molecular formula is C56H43N. The van der Waals surface area contributed by atoms with Gasteiger partial charge in [0.1, 0.15) is 0 Å². The summed E-state index contributed by atoms with van der Waals surface area (Å²) in [4.78, 5) is 2.38. The lowest BCUT2D eigenvalue weighted by Gasteiger charge is -2.27. The first-order chi connectivity index (χ1) is 28.1. The Hall–Kier alpha value is -7.22. The van der Waals surface area contributed by atoms with Crippen molar-refractivity contribution in [2.45, 2.75) is 13.8 Å². The van der Waals surface area contributed by atoms with Crippen LogP contribution in [0.2, 0.25) is 0 Å². The number of allylic oxidation sites excluding steroid dienone is 4. The summed E-state index contributed by atoms with van der Waals surface area (Å²) in [5, 5.41) is 5.01. The Morgan fingerprint density at radius 2 is 0.825 bits per heavy atom. The van der Waals surface area contributed by atoms with Gasteiger partial charge in [0.2, 0.25) is 0 Å². The largest absolute Gasteiger partial charge is 0.310 e. The average molecular weight is 730 g/mol. The van der Waals surface area contributed by atoms with Crippen molar-refractivity contribution in [2.24, 2.45) is 0 Å². The number of fused-ring (bicyclic) bond motifs is 2. The van der Waals surface area contributed by atoms with Gasteiger partial charge in [0.15, 0.2) is 0 Å². The van der Waals surface area contributed by atoms with Crippen LogP contribution in [0.15, 0.2) is 224 Å². The molecule has 0 amide bonds. The predicted molar refractivity (Wildman–Crippen MR) is 246 cm³/mol. The number of anilines is 3. The second-order valence-corrected chi connectivity index (χ2v) is 14.5. The Kier molecular flexibility index (Phi) is 9.88. The van der Waals surface area contributed by atoms with E-state index in [1.54, 1.807) is 0 Å². The molecule has 0 spiro atoms. The van der Waals surface area contributed by atoms with Crippen molar-refractivity contribution in [1.29, 1.82) is 0 Å². The molecule has 272 valence electrons. The minimum atomic E-state index is 1.10. The van der Waals surface area contributed by atoms with Crippen LogP contribution in [0.4, 0.5) is 17.1 Å². The van der Waals surface area contributed by atoms with Gasteiger partial charge in [-0.2, -0.15) is 0 Å². The van der Waals surface area contributed by atoms with Gasteiger partial charge < -0.3 is 4.90 Å². The highest BCUT2D eigenvalue weighted by Gasteiger charge is 2.17. The fourth-order valence-electron chi connectivity index (χ4n) is 8.03. The first-order valence-corrected chi connectivity index (χ1v) is 19.7.